The van der Waals surface area contributed by atoms with Crippen molar-refractivity contribution in [3.63, 3.8) is 0 Å². The lowest BCUT2D eigenvalue weighted by Gasteiger charge is -2.07. The highest BCUT2D eigenvalue weighted by atomic mass is 32.2. The Morgan fingerprint density at radius 1 is 1.50 bits per heavy atom. The molecule has 1 N–H and O–H groups in total. The third-order valence-corrected chi connectivity index (χ3v) is 2.76. The molecular formula is C7H16O2S. The van der Waals surface area contributed by atoms with Crippen LogP contribution in [0.25, 0.3) is 0 Å². The highest BCUT2D eigenvalue weighted by molar-refractivity contribution is 7.79. The van der Waals surface area contributed by atoms with Gasteiger partial charge in [-0.1, -0.05) is 26.7 Å². The SMILES string of the molecule is CCCCC(CC)S(=O)O. The first-order valence-electron chi connectivity index (χ1n) is 3.82. The van der Waals surface area contributed by atoms with Gasteiger partial charge in [0.25, 0.3) is 0 Å². The van der Waals surface area contributed by atoms with E-state index >= 15 is 0 Å². The monoisotopic (exact) mass is 164 g/mol. The second-order valence-corrected chi connectivity index (χ2v) is 3.67. The zero-order valence-electron chi connectivity index (χ0n) is 6.67. The fraction of sp³-hybridized carbons (Fsp3) is 1.00. The van der Waals surface area contributed by atoms with Crippen LogP contribution in [0.15, 0.2) is 0 Å². The maximum Gasteiger partial charge on any atom is 0.155 e. The smallest absolute Gasteiger partial charge is 0.155 e. The first kappa shape index (κ1) is 10.1. The van der Waals surface area contributed by atoms with Crippen molar-refractivity contribution in [2.24, 2.45) is 0 Å². The van der Waals surface area contributed by atoms with Crippen LogP contribution in [0.5, 0.6) is 0 Å². The molecule has 62 valence electrons. The highest BCUT2D eigenvalue weighted by Crippen LogP contribution is 2.08. The molecule has 0 saturated carbocycles. The summed E-state index contributed by atoms with van der Waals surface area (Å²) in [6.45, 7) is 4.04. The molecule has 0 aliphatic carbocycles. The second-order valence-electron chi connectivity index (χ2n) is 2.45. The normalized spacial score (nSPS) is 16.7. The molecular weight excluding hydrogens is 148 g/mol. The molecule has 0 spiro atoms. The summed E-state index contributed by atoms with van der Waals surface area (Å²) in [6.07, 6.45) is 3.86. The minimum Gasteiger partial charge on any atom is -0.306 e. The van der Waals surface area contributed by atoms with Gasteiger partial charge in [0.15, 0.2) is 11.1 Å². The molecule has 0 aliphatic heterocycles. The third-order valence-electron chi connectivity index (χ3n) is 1.62. The van der Waals surface area contributed by atoms with Gasteiger partial charge in [-0.25, -0.2) is 4.21 Å². The summed E-state index contributed by atoms with van der Waals surface area (Å²) in [6, 6.07) is 0. The van der Waals surface area contributed by atoms with Crippen LogP contribution in [0.2, 0.25) is 0 Å². The Labute approximate surface area is 65.3 Å². The molecule has 0 saturated heterocycles. The van der Waals surface area contributed by atoms with E-state index in [0.29, 0.717) is 0 Å². The topological polar surface area (TPSA) is 37.3 Å². The van der Waals surface area contributed by atoms with Crippen LogP contribution in [-0.4, -0.2) is 14.0 Å². The predicted octanol–water partition coefficient (Wildman–Crippen LogP) is 2.18. The molecule has 3 heteroatoms. The largest absolute Gasteiger partial charge is 0.306 e. The van der Waals surface area contributed by atoms with Gasteiger partial charge < -0.3 is 4.55 Å². The van der Waals surface area contributed by atoms with E-state index in [9.17, 15) is 4.21 Å². The summed E-state index contributed by atoms with van der Waals surface area (Å²) in [7, 11) is 0. The molecule has 0 bridgehead atoms. The van der Waals surface area contributed by atoms with Crippen LogP contribution in [-0.2, 0) is 11.1 Å². The van der Waals surface area contributed by atoms with Crippen molar-refractivity contribution in [3.8, 4) is 0 Å². The van der Waals surface area contributed by atoms with Gasteiger partial charge in [-0.3, -0.25) is 0 Å². The summed E-state index contributed by atoms with van der Waals surface area (Å²) in [5.74, 6) is 0. The van der Waals surface area contributed by atoms with Crippen molar-refractivity contribution in [2.45, 2.75) is 44.8 Å². The number of rotatable bonds is 5. The molecule has 2 unspecified atom stereocenters. The molecule has 0 radical (unpaired) electrons. The van der Waals surface area contributed by atoms with Gasteiger partial charge >= 0.3 is 0 Å². The summed E-state index contributed by atoms with van der Waals surface area (Å²) >= 11 is -1.60. The van der Waals surface area contributed by atoms with E-state index in [1.165, 1.54) is 0 Å². The van der Waals surface area contributed by atoms with Crippen LogP contribution in [0.3, 0.4) is 0 Å². The van der Waals surface area contributed by atoms with Crippen LogP contribution < -0.4 is 0 Å². The van der Waals surface area contributed by atoms with Gasteiger partial charge in [-0.15, -0.1) is 0 Å². The minimum absolute atomic E-state index is 0.0000463. The summed E-state index contributed by atoms with van der Waals surface area (Å²) in [5, 5.41) is -0.0000463. The molecule has 2 nitrogen and oxygen atoms in total. The van der Waals surface area contributed by atoms with E-state index in [2.05, 4.69) is 6.92 Å². The first-order valence-corrected chi connectivity index (χ1v) is 4.99. The van der Waals surface area contributed by atoms with Crippen LogP contribution in [0, 0.1) is 0 Å². The maximum atomic E-state index is 10.5. The van der Waals surface area contributed by atoms with E-state index in [1.807, 2.05) is 6.92 Å². The summed E-state index contributed by atoms with van der Waals surface area (Å²) < 4.78 is 19.3. The fourth-order valence-corrected chi connectivity index (χ4v) is 1.53. The van der Waals surface area contributed by atoms with E-state index < -0.39 is 11.1 Å². The van der Waals surface area contributed by atoms with E-state index in [0.717, 1.165) is 25.7 Å². The van der Waals surface area contributed by atoms with Crippen LogP contribution >= 0.6 is 0 Å². The fourth-order valence-electron chi connectivity index (χ4n) is 0.879. The average Bonchev–Trinajstić information content (AvgIpc) is 1.89. The molecule has 0 aliphatic rings. The minimum atomic E-state index is -1.60. The Balaban J connectivity index is 3.50. The molecule has 0 fully saturated rings. The quantitative estimate of drug-likeness (QED) is 0.632. The summed E-state index contributed by atoms with van der Waals surface area (Å²) in [4.78, 5) is 0. The van der Waals surface area contributed by atoms with Crippen molar-refractivity contribution in [3.05, 3.63) is 0 Å². The van der Waals surface area contributed by atoms with Crippen LogP contribution in [0.1, 0.15) is 39.5 Å². The Bertz CT molecular complexity index is 104. The zero-order valence-corrected chi connectivity index (χ0v) is 7.49. The molecule has 0 amide bonds. The van der Waals surface area contributed by atoms with E-state index in [4.69, 9.17) is 4.55 Å². The van der Waals surface area contributed by atoms with Gasteiger partial charge in [0.2, 0.25) is 0 Å². The van der Waals surface area contributed by atoms with Crippen molar-refractivity contribution in [1.29, 1.82) is 0 Å². The van der Waals surface area contributed by atoms with Gasteiger partial charge in [0.05, 0.1) is 5.25 Å². The Hall–Kier alpha value is 0.110. The first-order chi connectivity index (χ1) is 4.72. The predicted molar refractivity (Wildman–Crippen MR) is 44.4 cm³/mol. The molecule has 10 heavy (non-hydrogen) atoms. The highest BCUT2D eigenvalue weighted by Gasteiger charge is 2.10. The van der Waals surface area contributed by atoms with Crippen molar-refractivity contribution >= 4 is 11.1 Å². The molecule has 0 aromatic carbocycles. The molecule has 0 aromatic heterocycles. The third kappa shape index (κ3) is 4.01. The van der Waals surface area contributed by atoms with Crippen molar-refractivity contribution in [1.82, 2.24) is 0 Å². The number of hydrogen-bond acceptors (Lipinski definition) is 1. The number of hydrogen-bond donors (Lipinski definition) is 1. The van der Waals surface area contributed by atoms with Gasteiger partial charge in [0.1, 0.15) is 0 Å². The maximum absolute atomic E-state index is 10.5. The van der Waals surface area contributed by atoms with E-state index in [1.54, 1.807) is 0 Å². The second kappa shape index (κ2) is 5.86. The lowest BCUT2D eigenvalue weighted by atomic mass is 10.2. The van der Waals surface area contributed by atoms with Crippen molar-refractivity contribution in [2.75, 3.05) is 0 Å². The zero-order chi connectivity index (χ0) is 7.98. The molecule has 0 rings (SSSR count). The Morgan fingerprint density at radius 3 is 2.40 bits per heavy atom. The lowest BCUT2D eigenvalue weighted by Crippen LogP contribution is -2.12. The lowest BCUT2D eigenvalue weighted by molar-refractivity contribution is 0.529. The van der Waals surface area contributed by atoms with Crippen molar-refractivity contribution < 1.29 is 8.76 Å². The molecule has 0 heterocycles. The number of unbranched alkanes of at least 4 members (excludes halogenated alkanes) is 1. The Kier molecular flexibility index (Phi) is 5.93. The average molecular weight is 164 g/mol. The molecule has 0 aromatic rings. The van der Waals surface area contributed by atoms with Gasteiger partial charge in [-0.2, -0.15) is 0 Å². The summed E-state index contributed by atoms with van der Waals surface area (Å²) in [5.41, 5.74) is 0. The Morgan fingerprint density at radius 2 is 2.10 bits per heavy atom. The van der Waals surface area contributed by atoms with E-state index in [-0.39, 0.29) is 5.25 Å². The van der Waals surface area contributed by atoms with Gasteiger partial charge in [-0.05, 0) is 12.8 Å². The van der Waals surface area contributed by atoms with Crippen LogP contribution in [0.4, 0.5) is 0 Å². The standard InChI is InChI=1S/C7H16O2S/c1-3-5-6-7(4-2)10(8)9/h7H,3-6H2,1-2H3,(H,8,9). The molecule has 2 atom stereocenters. The van der Waals surface area contributed by atoms with Gasteiger partial charge in [0, 0.05) is 0 Å².